The predicted molar refractivity (Wildman–Crippen MR) is 78.1 cm³/mol. The number of nitrogens with zero attached hydrogens (tertiary/aromatic N) is 1. The molecule has 0 spiro atoms. The maximum absolute atomic E-state index is 11.4. The van der Waals surface area contributed by atoms with E-state index in [1.165, 1.54) is 23.9 Å². The fourth-order valence-corrected chi connectivity index (χ4v) is 2.01. The molecule has 114 valence electrons. The molecule has 0 aliphatic heterocycles. The van der Waals surface area contributed by atoms with Gasteiger partial charge in [0.2, 0.25) is 0 Å². The van der Waals surface area contributed by atoms with E-state index >= 15 is 0 Å². The van der Waals surface area contributed by atoms with E-state index in [0.717, 1.165) is 6.42 Å². The van der Waals surface area contributed by atoms with Crippen molar-refractivity contribution in [1.82, 2.24) is 5.32 Å². The number of hydrogen-bond acceptors (Lipinski definition) is 6. The first kappa shape index (κ1) is 17.0. The predicted octanol–water partition coefficient (Wildman–Crippen LogP) is 1.76. The monoisotopic (exact) mass is 312 g/mol. The lowest BCUT2D eigenvalue weighted by Crippen LogP contribution is -2.29. The lowest BCUT2D eigenvalue weighted by Gasteiger charge is -2.05. The van der Waals surface area contributed by atoms with Crippen LogP contribution >= 0.6 is 11.8 Å². The van der Waals surface area contributed by atoms with Crippen LogP contribution in [0.4, 0.5) is 5.69 Å². The number of non-ortho nitro benzene ring substituents is 1. The number of benzene rings is 1. The Morgan fingerprint density at radius 2 is 2.00 bits per heavy atom. The summed E-state index contributed by atoms with van der Waals surface area (Å²) in [7, 11) is 0. The van der Waals surface area contributed by atoms with Gasteiger partial charge in [0.15, 0.2) is 6.61 Å². The smallest absolute Gasteiger partial charge is 0.316 e. The SMILES string of the molecule is CCCNC(=O)COC(=O)CSc1ccc([N+](=O)[O-])cc1. The number of nitro groups is 1. The first-order chi connectivity index (χ1) is 10.0. The lowest BCUT2D eigenvalue weighted by atomic mass is 10.3. The molecule has 0 bridgehead atoms. The summed E-state index contributed by atoms with van der Waals surface area (Å²) >= 11 is 1.19. The summed E-state index contributed by atoms with van der Waals surface area (Å²) in [5, 5.41) is 13.1. The molecule has 7 nitrogen and oxygen atoms in total. The molecule has 0 heterocycles. The van der Waals surface area contributed by atoms with E-state index in [4.69, 9.17) is 4.74 Å². The second kappa shape index (κ2) is 8.96. The first-order valence-corrected chi connectivity index (χ1v) is 7.31. The second-order valence-corrected chi connectivity index (χ2v) is 5.10. The molecule has 0 saturated heterocycles. The van der Waals surface area contributed by atoms with E-state index < -0.39 is 10.9 Å². The lowest BCUT2D eigenvalue weighted by molar-refractivity contribution is -0.384. The molecular weight excluding hydrogens is 296 g/mol. The molecule has 0 aliphatic rings. The largest absolute Gasteiger partial charge is 0.455 e. The van der Waals surface area contributed by atoms with Gasteiger partial charge < -0.3 is 10.1 Å². The number of thioether (sulfide) groups is 1. The minimum atomic E-state index is -0.509. The summed E-state index contributed by atoms with van der Waals surface area (Å²) in [6, 6.07) is 5.85. The number of nitro benzene ring substituents is 1. The summed E-state index contributed by atoms with van der Waals surface area (Å²) in [6.45, 7) is 2.18. The molecule has 8 heteroatoms. The zero-order valence-corrected chi connectivity index (χ0v) is 12.4. The number of carbonyl (C=O) groups is 2. The van der Waals surface area contributed by atoms with Gasteiger partial charge in [-0.05, 0) is 18.6 Å². The van der Waals surface area contributed by atoms with Crippen molar-refractivity contribution in [2.75, 3.05) is 18.9 Å². The van der Waals surface area contributed by atoms with Crippen LogP contribution in [0.15, 0.2) is 29.2 Å². The van der Waals surface area contributed by atoms with Crippen molar-refractivity contribution in [1.29, 1.82) is 0 Å². The van der Waals surface area contributed by atoms with Crippen LogP contribution in [0, 0.1) is 10.1 Å². The average Bonchev–Trinajstić information content (AvgIpc) is 2.49. The Labute approximate surface area is 126 Å². The summed E-state index contributed by atoms with van der Waals surface area (Å²) in [5.74, 6) is -0.797. The van der Waals surface area contributed by atoms with Gasteiger partial charge in [-0.15, -0.1) is 11.8 Å². The molecule has 0 aromatic heterocycles. The van der Waals surface area contributed by atoms with Gasteiger partial charge in [0.1, 0.15) is 0 Å². The first-order valence-electron chi connectivity index (χ1n) is 6.32. The summed E-state index contributed by atoms with van der Waals surface area (Å²) < 4.78 is 4.80. The van der Waals surface area contributed by atoms with Crippen LogP contribution in [0.1, 0.15) is 13.3 Å². The molecule has 21 heavy (non-hydrogen) atoms. The van der Waals surface area contributed by atoms with Gasteiger partial charge in [0.25, 0.3) is 11.6 Å². The Morgan fingerprint density at radius 1 is 1.33 bits per heavy atom. The van der Waals surface area contributed by atoms with Gasteiger partial charge in [0.05, 0.1) is 10.7 Å². The molecule has 0 aliphatic carbocycles. The minimum absolute atomic E-state index is 0.00507. The van der Waals surface area contributed by atoms with Crippen molar-refractivity contribution in [2.45, 2.75) is 18.2 Å². The Bertz CT molecular complexity index is 504. The van der Waals surface area contributed by atoms with Gasteiger partial charge in [0, 0.05) is 23.6 Å². The fourth-order valence-electron chi connectivity index (χ4n) is 1.31. The van der Waals surface area contributed by atoms with Crippen LogP contribution in [0.5, 0.6) is 0 Å². The molecule has 1 aromatic rings. The maximum Gasteiger partial charge on any atom is 0.316 e. The molecule has 0 saturated carbocycles. The van der Waals surface area contributed by atoms with E-state index in [-0.39, 0.29) is 24.0 Å². The highest BCUT2D eigenvalue weighted by Crippen LogP contribution is 2.21. The van der Waals surface area contributed by atoms with Crippen molar-refractivity contribution >= 4 is 29.3 Å². The molecule has 1 amide bonds. The third-order valence-corrected chi connectivity index (χ3v) is 3.33. The van der Waals surface area contributed by atoms with Crippen molar-refractivity contribution in [3.63, 3.8) is 0 Å². The molecule has 1 aromatic carbocycles. The van der Waals surface area contributed by atoms with E-state index in [9.17, 15) is 19.7 Å². The van der Waals surface area contributed by atoms with Crippen LogP contribution in [0.2, 0.25) is 0 Å². The van der Waals surface area contributed by atoms with Crippen molar-refractivity contribution in [2.24, 2.45) is 0 Å². The van der Waals surface area contributed by atoms with Gasteiger partial charge >= 0.3 is 5.97 Å². The van der Waals surface area contributed by atoms with E-state index in [1.807, 2.05) is 6.92 Å². The number of rotatable bonds is 8. The van der Waals surface area contributed by atoms with Crippen LogP contribution in [0.25, 0.3) is 0 Å². The van der Waals surface area contributed by atoms with Crippen molar-refractivity contribution < 1.29 is 19.2 Å². The Hall–Kier alpha value is -2.09. The molecule has 1 N–H and O–H groups in total. The summed E-state index contributed by atoms with van der Waals surface area (Å²) in [4.78, 5) is 33.4. The second-order valence-electron chi connectivity index (χ2n) is 4.05. The average molecular weight is 312 g/mol. The standard InChI is InChI=1S/C13H16N2O5S/c1-2-7-14-12(16)8-20-13(17)9-21-11-5-3-10(4-6-11)15(18)19/h3-6H,2,7-9H2,1H3,(H,14,16). The van der Waals surface area contributed by atoms with Gasteiger partial charge in [-0.2, -0.15) is 0 Å². The zero-order valence-electron chi connectivity index (χ0n) is 11.5. The number of carbonyl (C=O) groups excluding carboxylic acids is 2. The molecule has 0 fully saturated rings. The zero-order chi connectivity index (χ0) is 15.7. The summed E-state index contributed by atoms with van der Waals surface area (Å²) in [5.41, 5.74) is -0.00507. The van der Waals surface area contributed by atoms with E-state index in [1.54, 1.807) is 12.1 Å². The van der Waals surface area contributed by atoms with Gasteiger partial charge in [-0.1, -0.05) is 6.92 Å². The third-order valence-electron chi connectivity index (χ3n) is 2.34. The normalized spacial score (nSPS) is 9.95. The van der Waals surface area contributed by atoms with Crippen LogP contribution in [-0.4, -0.2) is 35.7 Å². The van der Waals surface area contributed by atoms with Crippen LogP contribution in [0.3, 0.4) is 0 Å². The van der Waals surface area contributed by atoms with E-state index in [0.29, 0.717) is 11.4 Å². The van der Waals surface area contributed by atoms with Crippen LogP contribution in [-0.2, 0) is 14.3 Å². The number of ether oxygens (including phenoxy) is 1. The fraction of sp³-hybridized carbons (Fsp3) is 0.385. The minimum Gasteiger partial charge on any atom is -0.455 e. The molecule has 0 radical (unpaired) electrons. The highest BCUT2D eigenvalue weighted by molar-refractivity contribution is 8.00. The van der Waals surface area contributed by atoms with Crippen molar-refractivity contribution in [3.8, 4) is 0 Å². The van der Waals surface area contributed by atoms with E-state index in [2.05, 4.69) is 5.32 Å². The molecule has 0 atom stereocenters. The van der Waals surface area contributed by atoms with Crippen molar-refractivity contribution in [3.05, 3.63) is 34.4 Å². The number of amides is 1. The summed E-state index contributed by atoms with van der Waals surface area (Å²) in [6.07, 6.45) is 0.815. The molecule has 1 rings (SSSR count). The topological polar surface area (TPSA) is 98.5 Å². The number of nitrogens with one attached hydrogen (secondary N) is 1. The Balaban J connectivity index is 2.29. The molecule has 0 unspecified atom stereocenters. The Kier molecular flexibility index (Phi) is 7.24. The molecular formula is C13H16N2O5S. The highest BCUT2D eigenvalue weighted by atomic mass is 32.2. The van der Waals surface area contributed by atoms with Crippen LogP contribution < -0.4 is 5.32 Å². The van der Waals surface area contributed by atoms with Gasteiger partial charge in [-0.3, -0.25) is 19.7 Å². The maximum atomic E-state index is 11.4. The highest BCUT2D eigenvalue weighted by Gasteiger charge is 2.09. The quantitative estimate of drug-likeness (QED) is 0.340. The number of hydrogen-bond donors (Lipinski definition) is 1. The van der Waals surface area contributed by atoms with Gasteiger partial charge in [-0.25, -0.2) is 0 Å². The Morgan fingerprint density at radius 3 is 2.57 bits per heavy atom. The third kappa shape index (κ3) is 6.75. The number of esters is 1.